The zero-order valence-corrected chi connectivity index (χ0v) is 12.2. The first-order valence-corrected chi connectivity index (χ1v) is 7.60. The van der Waals surface area contributed by atoms with Crippen LogP contribution in [0.3, 0.4) is 0 Å². The summed E-state index contributed by atoms with van der Waals surface area (Å²) in [5, 5.41) is 5.85. The molecule has 2 aromatic heterocycles. The maximum absolute atomic E-state index is 12.1. The summed E-state index contributed by atoms with van der Waals surface area (Å²) in [5.74, 6) is 0.998. The van der Waals surface area contributed by atoms with Gasteiger partial charge in [-0.05, 0) is 24.8 Å². The van der Waals surface area contributed by atoms with Gasteiger partial charge in [0, 0.05) is 12.2 Å². The molecule has 0 bridgehead atoms. The molecule has 0 radical (unpaired) electrons. The van der Waals surface area contributed by atoms with Crippen molar-refractivity contribution < 1.29 is 4.79 Å². The Bertz CT molecular complexity index is 623. The van der Waals surface area contributed by atoms with Crippen molar-refractivity contribution in [2.24, 2.45) is 5.92 Å². The van der Waals surface area contributed by atoms with Gasteiger partial charge in [0.2, 0.25) is 0 Å². The van der Waals surface area contributed by atoms with E-state index in [0.717, 1.165) is 17.6 Å². The van der Waals surface area contributed by atoms with E-state index in [1.54, 1.807) is 12.4 Å². The minimum absolute atomic E-state index is 0.196. The van der Waals surface area contributed by atoms with Gasteiger partial charge in [-0.3, -0.25) is 5.32 Å². The second kappa shape index (κ2) is 6.11. The first-order chi connectivity index (χ1) is 10.2. The Kier molecular flexibility index (Phi) is 4.03. The fraction of sp³-hybridized carbons (Fsp3) is 0.533. The lowest BCUT2D eigenvalue weighted by atomic mass is 9.97. The molecule has 0 saturated heterocycles. The Morgan fingerprint density at radius 3 is 3.10 bits per heavy atom. The van der Waals surface area contributed by atoms with E-state index in [2.05, 4.69) is 32.5 Å². The molecule has 1 aliphatic carbocycles. The molecule has 2 heterocycles. The lowest BCUT2D eigenvalue weighted by Crippen LogP contribution is -2.41. The second-order valence-corrected chi connectivity index (χ2v) is 5.79. The minimum Gasteiger partial charge on any atom is -0.345 e. The third-order valence-corrected chi connectivity index (χ3v) is 4.18. The highest BCUT2D eigenvalue weighted by Gasteiger charge is 2.21. The Morgan fingerprint density at radius 1 is 1.33 bits per heavy atom. The number of amides is 2. The molecular formula is C15H21N5O. The van der Waals surface area contributed by atoms with Crippen LogP contribution in [-0.2, 0) is 0 Å². The van der Waals surface area contributed by atoms with Gasteiger partial charge in [-0.15, -0.1) is 0 Å². The molecular weight excluding hydrogens is 266 g/mol. The van der Waals surface area contributed by atoms with E-state index >= 15 is 0 Å². The maximum atomic E-state index is 12.1. The Labute approximate surface area is 123 Å². The van der Waals surface area contributed by atoms with Crippen LogP contribution in [-0.4, -0.2) is 27.0 Å². The number of urea groups is 1. The fourth-order valence-corrected chi connectivity index (χ4v) is 2.92. The van der Waals surface area contributed by atoms with E-state index in [-0.39, 0.29) is 12.1 Å². The average molecular weight is 287 g/mol. The first kappa shape index (κ1) is 13.9. The van der Waals surface area contributed by atoms with Gasteiger partial charge in [0.15, 0.2) is 11.5 Å². The van der Waals surface area contributed by atoms with Gasteiger partial charge in [-0.2, -0.15) is 0 Å². The number of aromatic nitrogens is 3. The van der Waals surface area contributed by atoms with Crippen molar-refractivity contribution in [1.29, 1.82) is 0 Å². The Morgan fingerprint density at radius 2 is 2.19 bits per heavy atom. The zero-order valence-electron chi connectivity index (χ0n) is 12.2. The van der Waals surface area contributed by atoms with E-state index in [1.807, 2.05) is 6.07 Å². The summed E-state index contributed by atoms with van der Waals surface area (Å²) in [6.45, 7) is 2.21. The quantitative estimate of drug-likeness (QED) is 0.742. The van der Waals surface area contributed by atoms with E-state index in [4.69, 9.17) is 0 Å². The number of carbonyl (C=O) groups is 1. The highest BCUT2D eigenvalue weighted by Crippen LogP contribution is 2.23. The molecule has 6 heteroatoms. The van der Waals surface area contributed by atoms with Crippen molar-refractivity contribution in [3.63, 3.8) is 0 Å². The number of rotatable bonds is 2. The third kappa shape index (κ3) is 3.32. The topological polar surface area (TPSA) is 82.7 Å². The van der Waals surface area contributed by atoms with Gasteiger partial charge in [0.1, 0.15) is 5.52 Å². The molecule has 2 aromatic rings. The standard InChI is InChI=1S/C15H21N5O/c1-10-5-3-2-4-6-11(10)19-15(21)20-13-9-17-14-12(18-13)7-8-16-14/h7-11H,2-6H2,1H3,(H,16,17)(H2,18,19,20,21)/t10-,11+/m0/s1. The number of H-pyrrole nitrogens is 1. The van der Waals surface area contributed by atoms with Crippen molar-refractivity contribution in [2.45, 2.75) is 45.1 Å². The summed E-state index contributed by atoms with van der Waals surface area (Å²) in [5.41, 5.74) is 1.47. The molecule has 2 atom stereocenters. The zero-order chi connectivity index (χ0) is 14.7. The van der Waals surface area contributed by atoms with E-state index in [9.17, 15) is 4.79 Å². The van der Waals surface area contributed by atoms with Crippen LogP contribution in [0.1, 0.15) is 39.0 Å². The summed E-state index contributed by atoms with van der Waals surface area (Å²) in [7, 11) is 0. The predicted molar refractivity (Wildman–Crippen MR) is 82.1 cm³/mol. The van der Waals surface area contributed by atoms with Crippen molar-refractivity contribution in [3.8, 4) is 0 Å². The Hall–Kier alpha value is -2.11. The first-order valence-electron chi connectivity index (χ1n) is 7.60. The van der Waals surface area contributed by atoms with Crippen LogP contribution in [0.5, 0.6) is 0 Å². The van der Waals surface area contributed by atoms with Crippen LogP contribution in [0.4, 0.5) is 10.6 Å². The van der Waals surface area contributed by atoms with Crippen LogP contribution in [0.15, 0.2) is 18.5 Å². The number of fused-ring (bicyclic) bond motifs is 1. The molecule has 3 rings (SSSR count). The van der Waals surface area contributed by atoms with Crippen molar-refractivity contribution >= 4 is 23.0 Å². The molecule has 1 aliphatic rings. The smallest absolute Gasteiger partial charge is 0.320 e. The van der Waals surface area contributed by atoms with Crippen LogP contribution in [0.2, 0.25) is 0 Å². The summed E-state index contributed by atoms with van der Waals surface area (Å²) < 4.78 is 0. The van der Waals surface area contributed by atoms with Crippen LogP contribution in [0, 0.1) is 5.92 Å². The summed E-state index contributed by atoms with van der Waals surface area (Å²) in [4.78, 5) is 23.6. The van der Waals surface area contributed by atoms with E-state index in [0.29, 0.717) is 11.7 Å². The summed E-state index contributed by atoms with van der Waals surface area (Å²) in [6, 6.07) is 1.88. The number of hydrogen-bond donors (Lipinski definition) is 3. The van der Waals surface area contributed by atoms with Crippen LogP contribution in [0.25, 0.3) is 11.2 Å². The molecule has 1 saturated carbocycles. The molecule has 1 fully saturated rings. The van der Waals surface area contributed by atoms with Crippen molar-refractivity contribution in [2.75, 3.05) is 5.32 Å². The number of nitrogens with zero attached hydrogens (tertiary/aromatic N) is 2. The Balaban J connectivity index is 1.62. The van der Waals surface area contributed by atoms with Crippen molar-refractivity contribution in [1.82, 2.24) is 20.3 Å². The summed E-state index contributed by atoms with van der Waals surface area (Å²) >= 11 is 0. The molecule has 0 aliphatic heterocycles. The number of carbonyl (C=O) groups excluding carboxylic acids is 1. The third-order valence-electron chi connectivity index (χ3n) is 4.18. The molecule has 2 amide bonds. The monoisotopic (exact) mass is 287 g/mol. The van der Waals surface area contributed by atoms with Gasteiger partial charge >= 0.3 is 6.03 Å². The van der Waals surface area contributed by atoms with Gasteiger partial charge < -0.3 is 10.3 Å². The molecule has 0 unspecified atom stereocenters. The molecule has 0 aromatic carbocycles. The highest BCUT2D eigenvalue weighted by atomic mass is 16.2. The van der Waals surface area contributed by atoms with Crippen molar-refractivity contribution in [3.05, 3.63) is 18.5 Å². The lowest BCUT2D eigenvalue weighted by molar-refractivity contribution is 0.242. The highest BCUT2D eigenvalue weighted by molar-refractivity contribution is 5.89. The molecule has 0 spiro atoms. The average Bonchev–Trinajstić information content (AvgIpc) is 2.84. The normalized spacial score (nSPS) is 22.7. The SMILES string of the molecule is C[C@H]1CCCCC[C@H]1NC(=O)Nc1cnc2[nH]ccc2n1. The summed E-state index contributed by atoms with van der Waals surface area (Å²) in [6.07, 6.45) is 9.29. The fourth-order valence-electron chi connectivity index (χ4n) is 2.92. The van der Waals surface area contributed by atoms with Gasteiger partial charge in [-0.1, -0.05) is 26.2 Å². The lowest BCUT2D eigenvalue weighted by Gasteiger charge is -2.22. The molecule has 21 heavy (non-hydrogen) atoms. The number of nitrogens with one attached hydrogen (secondary N) is 3. The van der Waals surface area contributed by atoms with E-state index < -0.39 is 0 Å². The van der Waals surface area contributed by atoms with E-state index in [1.165, 1.54) is 25.7 Å². The number of anilines is 1. The number of aromatic amines is 1. The minimum atomic E-state index is -0.196. The van der Waals surface area contributed by atoms with Gasteiger partial charge in [0.25, 0.3) is 0 Å². The maximum Gasteiger partial charge on any atom is 0.320 e. The van der Waals surface area contributed by atoms with Crippen LogP contribution >= 0.6 is 0 Å². The van der Waals surface area contributed by atoms with Gasteiger partial charge in [0.05, 0.1) is 6.20 Å². The largest absolute Gasteiger partial charge is 0.345 e. The molecule has 3 N–H and O–H groups in total. The molecule has 6 nitrogen and oxygen atoms in total. The number of hydrogen-bond acceptors (Lipinski definition) is 3. The van der Waals surface area contributed by atoms with Gasteiger partial charge in [-0.25, -0.2) is 14.8 Å². The second-order valence-electron chi connectivity index (χ2n) is 5.79. The van der Waals surface area contributed by atoms with Crippen LogP contribution < -0.4 is 10.6 Å². The molecule has 112 valence electrons. The predicted octanol–water partition coefficient (Wildman–Crippen LogP) is 3.05.